The van der Waals surface area contributed by atoms with Gasteiger partial charge in [-0.3, -0.25) is 0 Å². The Hall–Kier alpha value is -3.25. The monoisotopic (exact) mass is 633 g/mol. The van der Waals surface area contributed by atoms with Crippen molar-refractivity contribution < 1.29 is 43.2 Å². The Morgan fingerprint density at radius 2 is 0.756 bits per heavy atom. The van der Waals surface area contributed by atoms with Crippen molar-refractivity contribution in [1.82, 2.24) is 0 Å². The van der Waals surface area contributed by atoms with E-state index in [2.05, 4.69) is 121 Å². The van der Waals surface area contributed by atoms with E-state index in [9.17, 15) is 43.2 Å². The van der Waals surface area contributed by atoms with Gasteiger partial charge in [-0.05, 0) is 42.0 Å². The van der Waals surface area contributed by atoms with Gasteiger partial charge in [0.15, 0.2) is 20.0 Å². The fourth-order valence-corrected chi connectivity index (χ4v) is 9.79. The number of rotatable bonds is 7. The maximum absolute atomic E-state index is 11.4. The van der Waals surface area contributed by atoms with E-state index in [4.69, 9.17) is 0 Å². The molecular formula is C27H22F6NO4PS2. The lowest BCUT2D eigenvalue weighted by atomic mass is 10.2. The number of sulfonamides is 2. The highest BCUT2D eigenvalue weighted by molar-refractivity contribution is 8.13. The summed E-state index contributed by atoms with van der Waals surface area (Å²) in [7, 11) is -15.2. The van der Waals surface area contributed by atoms with Crippen LogP contribution in [0, 0.1) is 0 Å². The minimum atomic E-state index is -6.72. The van der Waals surface area contributed by atoms with E-state index in [1.54, 1.807) is 0 Å². The summed E-state index contributed by atoms with van der Waals surface area (Å²) in [6, 6.07) is 44.0. The minimum absolute atomic E-state index is 0.778. The third-order valence-corrected chi connectivity index (χ3v) is 12.8. The van der Waals surface area contributed by atoms with Crippen molar-refractivity contribution in [2.24, 2.45) is 0 Å². The molecule has 0 aromatic heterocycles. The van der Waals surface area contributed by atoms with E-state index < -0.39 is 38.3 Å². The predicted molar refractivity (Wildman–Crippen MR) is 149 cm³/mol. The standard InChI is InChI=1S/C25H22P.C2F6NO4S2/c1-5-13-22(14-6-1)21-26(23-15-7-2-8-16-23,24-17-9-3-10-18-24)25-19-11-4-12-20-25;3-1(4,5)14(10,11)9-15(12,13)2(6,7)8/h1-20H,21H2;/q+1;-1. The molecule has 4 aromatic rings. The van der Waals surface area contributed by atoms with Crippen molar-refractivity contribution in [3.63, 3.8) is 0 Å². The fourth-order valence-electron chi connectivity index (χ4n) is 3.84. The second-order valence-electron chi connectivity index (χ2n) is 8.38. The molecule has 5 nitrogen and oxygen atoms in total. The highest BCUT2D eigenvalue weighted by Crippen LogP contribution is 2.58. The molecule has 0 saturated carbocycles. The lowest BCUT2D eigenvalue weighted by Crippen LogP contribution is -2.32. The van der Waals surface area contributed by atoms with Crippen LogP contribution >= 0.6 is 7.26 Å². The summed E-state index contributed by atoms with van der Waals surface area (Å²) in [5.41, 5.74) is -11.0. The SMILES string of the molecule is O=S(=O)([N-]S(=O)(=O)C(F)(F)F)C(F)(F)F.c1ccc(C[P+](c2ccccc2)(c2ccccc2)c2ccccc2)cc1. The van der Waals surface area contributed by atoms with Crippen molar-refractivity contribution >= 4 is 43.2 Å². The van der Waals surface area contributed by atoms with Crippen LogP contribution in [0.1, 0.15) is 5.56 Å². The summed E-state index contributed by atoms with van der Waals surface area (Å²) < 4.78 is 109. The molecule has 0 heterocycles. The average molecular weight is 634 g/mol. The van der Waals surface area contributed by atoms with Gasteiger partial charge in [0.2, 0.25) is 0 Å². The summed E-state index contributed by atoms with van der Waals surface area (Å²) in [5.74, 6) is 0. The Morgan fingerprint density at radius 3 is 1.02 bits per heavy atom. The topological polar surface area (TPSA) is 82.4 Å². The van der Waals surface area contributed by atoms with E-state index >= 15 is 0 Å². The number of halogens is 6. The van der Waals surface area contributed by atoms with Gasteiger partial charge in [0.25, 0.3) is 0 Å². The first-order valence-electron chi connectivity index (χ1n) is 11.6. The molecule has 4 aromatic carbocycles. The Balaban J connectivity index is 0.000000266. The quantitative estimate of drug-likeness (QED) is 0.178. The summed E-state index contributed by atoms with van der Waals surface area (Å²) in [6.45, 7) is 0. The molecule has 0 N–H and O–H groups in total. The molecule has 0 aliphatic heterocycles. The van der Waals surface area contributed by atoms with Crippen LogP contribution in [0.25, 0.3) is 4.13 Å². The molecule has 0 bridgehead atoms. The van der Waals surface area contributed by atoms with Gasteiger partial charge in [-0.2, -0.15) is 26.3 Å². The normalized spacial score (nSPS) is 12.7. The number of hydrogen-bond donors (Lipinski definition) is 0. The average Bonchev–Trinajstić information content (AvgIpc) is 2.92. The first-order chi connectivity index (χ1) is 19.1. The maximum atomic E-state index is 11.4. The molecule has 4 rings (SSSR count). The zero-order chi connectivity index (χ0) is 30.4. The number of hydrogen-bond acceptors (Lipinski definition) is 4. The third kappa shape index (κ3) is 7.73. The first kappa shape index (κ1) is 32.3. The van der Waals surface area contributed by atoms with E-state index in [1.807, 2.05) is 0 Å². The van der Waals surface area contributed by atoms with Gasteiger partial charge in [-0.1, -0.05) is 84.9 Å². The van der Waals surface area contributed by atoms with Gasteiger partial charge in [-0.25, -0.2) is 16.8 Å². The summed E-state index contributed by atoms with van der Waals surface area (Å²) in [4.78, 5) is 0. The van der Waals surface area contributed by atoms with Crippen molar-refractivity contribution in [3.8, 4) is 0 Å². The van der Waals surface area contributed by atoms with Gasteiger partial charge in [0.1, 0.15) is 23.2 Å². The van der Waals surface area contributed by atoms with Crippen LogP contribution in [-0.2, 0) is 26.2 Å². The van der Waals surface area contributed by atoms with Crippen molar-refractivity contribution in [3.05, 3.63) is 131 Å². The lowest BCUT2D eigenvalue weighted by molar-refractivity contribution is -0.0444. The van der Waals surface area contributed by atoms with Crippen molar-refractivity contribution in [2.45, 2.75) is 17.2 Å². The van der Waals surface area contributed by atoms with Crippen LogP contribution in [0.4, 0.5) is 26.3 Å². The zero-order valence-corrected chi connectivity index (χ0v) is 23.4. The van der Waals surface area contributed by atoms with Crippen molar-refractivity contribution in [2.75, 3.05) is 0 Å². The van der Waals surface area contributed by atoms with Gasteiger partial charge in [0.05, 0.1) is 6.16 Å². The Labute approximate surface area is 234 Å². The first-order valence-corrected chi connectivity index (χ1v) is 16.4. The lowest BCUT2D eigenvalue weighted by Gasteiger charge is -2.27. The van der Waals surface area contributed by atoms with E-state index in [0.717, 1.165) is 10.3 Å². The molecule has 0 aliphatic rings. The number of alkyl halides is 6. The molecular weight excluding hydrogens is 611 g/mol. The van der Waals surface area contributed by atoms with Crippen LogP contribution in [-0.4, -0.2) is 27.9 Å². The maximum Gasteiger partial charge on any atom is 0.480 e. The molecule has 0 amide bonds. The fraction of sp³-hybridized carbons (Fsp3) is 0.111. The number of nitrogens with zero attached hydrogens (tertiary/aromatic N) is 1. The van der Waals surface area contributed by atoms with E-state index in [-0.39, 0.29) is 0 Å². The molecule has 14 heteroatoms. The number of benzene rings is 4. The highest BCUT2D eigenvalue weighted by atomic mass is 32.3. The zero-order valence-electron chi connectivity index (χ0n) is 20.9. The Morgan fingerprint density at radius 1 is 0.488 bits per heavy atom. The smallest absolute Gasteiger partial charge is 0.421 e. The van der Waals surface area contributed by atoms with E-state index in [1.165, 1.54) is 21.5 Å². The predicted octanol–water partition coefficient (Wildman–Crippen LogP) is 6.24. The molecule has 0 aliphatic carbocycles. The van der Waals surface area contributed by atoms with Crippen LogP contribution < -0.4 is 15.9 Å². The van der Waals surface area contributed by atoms with Crippen LogP contribution in [0.15, 0.2) is 121 Å². The molecule has 0 radical (unpaired) electrons. The van der Waals surface area contributed by atoms with Crippen molar-refractivity contribution in [1.29, 1.82) is 0 Å². The van der Waals surface area contributed by atoms with Crippen LogP contribution in [0.5, 0.6) is 0 Å². The third-order valence-electron chi connectivity index (χ3n) is 5.63. The minimum Gasteiger partial charge on any atom is -0.421 e. The van der Waals surface area contributed by atoms with Gasteiger partial charge < -0.3 is 4.13 Å². The molecule has 0 saturated heterocycles. The second-order valence-corrected chi connectivity index (χ2v) is 15.3. The van der Waals surface area contributed by atoms with Crippen LogP contribution in [0.3, 0.4) is 0 Å². The molecule has 0 atom stereocenters. The second kappa shape index (κ2) is 12.7. The largest absolute Gasteiger partial charge is 0.480 e. The molecule has 0 unspecified atom stereocenters. The van der Waals surface area contributed by atoms with Gasteiger partial charge in [0, 0.05) is 0 Å². The van der Waals surface area contributed by atoms with Gasteiger partial charge >= 0.3 is 11.0 Å². The Kier molecular flexibility index (Phi) is 10.0. The highest BCUT2D eigenvalue weighted by Gasteiger charge is 2.47. The summed E-state index contributed by atoms with van der Waals surface area (Å²) in [5, 5.41) is 4.30. The molecule has 0 spiro atoms. The van der Waals surface area contributed by atoms with Gasteiger partial charge in [-0.15, -0.1) is 0 Å². The van der Waals surface area contributed by atoms with E-state index in [0.29, 0.717) is 0 Å². The molecule has 41 heavy (non-hydrogen) atoms. The molecule has 0 fully saturated rings. The van der Waals surface area contributed by atoms with Crippen LogP contribution in [0.2, 0.25) is 0 Å². The summed E-state index contributed by atoms with van der Waals surface area (Å²) in [6.07, 6.45) is 1.03. The molecule has 218 valence electrons. The Bertz CT molecular complexity index is 1480. The summed E-state index contributed by atoms with van der Waals surface area (Å²) >= 11 is 0.